The van der Waals surface area contributed by atoms with Crippen LogP contribution in [0.5, 0.6) is 5.75 Å². The lowest BCUT2D eigenvalue weighted by Crippen LogP contribution is -2.15. The average Bonchev–Trinajstić information content (AvgIpc) is 2.57. The summed E-state index contributed by atoms with van der Waals surface area (Å²) in [6, 6.07) is 17.5. The first-order valence-electron chi connectivity index (χ1n) is 7.22. The Morgan fingerprint density at radius 3 is 2.18 bits per heavy atom. The molecule has 0 bridgehead atoms. The van der Waals surface area contributed by atoms with Gasteiger partial charge in [-0.05, 0) is 30.2 Å². The van der Waals surface area contributed by atoms with E-state index < -0.39 is 0 Å². The van der Waals surface area contributed by atoms with Gasteiger partial charge in [-0.2, -0.15) is 0 Å². The van der Waals surface area contributed by atoms with Crippen molar-refractivity contribution in [1.29, 1.82) is 0 Å². The quantitative estimate of drug-likeness (QED) is 0.598. The van der Waals surface area contributed by atoms with Crippen LogP contribution in [-0.4, -0.2) is 19.7 Å². The number of benzene rings is 2. The van der Waals surface area contributed by atoms with Gasteiger partial charge >= 0.3 is 5.97 Å². The van der Waals surface area contributed by atoms with Crippen molar-refractivity contribution >= 4 is 5.97 Å². The zero-order chi connectivity index (χ0) is 15.9. The summed E-state index contributed by atoms with van der Waals surface area (Å²) < 4.78 is 10.3. The highest BCUT2D eigenvalue weighted by Gasteiger charge is 2.23. The monoisotopic (exact) mass is 296 g/mol. The Bertz CT molecular complexity index is 629. The van der Waals surface area contributed by atoms with Gasteiger partial charge in [0.1, 0.15) is 5.75 Å². The summed E-state index contributed by atoms with van der Waals surface area (Å²) in [6.07, 6.45) is 0. The second-order valence-electron chi connectivity index (χ2n) is 4.86. The van der Waals surface area contributed by atoms with Crippen molar-refractivity contribution in [2.75, 3.05) is 13.7 Å². The van der Waals surface area contributed by atoms with Gasteiger partial charge in [-0.25, -0.2) is 4.79 Å². The molecule has 0 aromatic heterocycles. The standard InChI is InChI=1S/C19H20O3/c1-4-22-19(20)14(2)18(15-8-6-5-7-9-15)16-10-12-17(21-3)13-11-16/h5-13,18H,2,4H2,1,3H3/t18-/m1/s1. The first-order chi connectivity index (χ1) is 10.7. The molecule has 0 saturated heterocycles. The third kappa shape index (κ3) is 3.55. The van der Waals surface area contributed by atoms with Crippen LogP contribution in [0.15, 0.2) is 66.7 Å². The number of hydrogen-bond donors (Lipinski definition) is 0. The topological polar surface area (TPSA) is 35.5 Å². The number of ether oxygens (including phenoxy) is 2. The molecule has 2 rings (SSSR count). The van der Waals surface area contributed by atoms with E-state index in [0.717, 1.165) is 16.9 Å². The third-order valence-corrected chi connectivity index (χ3v) is 3.47. The second kappa shape index (κ2) is 7.46. The molecule has 0 N–H and O–H groups in total. The Balaban J connectivity index is 2.41. The maximum atomic E-state index is 12.1. The van der Waals surface area contributed by atoms with Crippen LogP contribution in [0.2, 0.25) is 0 Å². The van der Waals surface area contributed by atoms with Gasteiger partial charge in [0.15, 0.2) is 0 Å². The molecule has 22 heavy (non-hydrogen) atoms. The fourth-order valence-electron chi connectivity index (χ4n) is 2.38. The summed E-state index contributed by atoms with van der Waals surface area (Å²) in [6.45, 7) is 6.09. The first-order valence-corrected chi connectivity index (χ1v) is 7.22. The Hall–Kier alpha value is -2.55. The van der Waals surface area contributed by atoms with E-state index in [4.69, 9.17) is 9.47 Å². The van der Waals surface area contributed by atoms with Crippen molar-refractivity contribution in [1.82, 2.24) is 0 Å². The maximum Gasteiger partial charge on any atom is 0.334 e. The molecule has 0 radical (unpaired) electrons. The Morgan fingerprint density at radius 2 is 1.64 bits per heavy atom. The minimum Gasteiger partial charge on any atom is -0.497 e. The molecule has 0 aliphatic carbocycles. The molecule has 3 heteroatoms. The number of methoxy groups -OCH3 is 1. The maximum absolute atomic E-state index is 12.1. The molecule has 114 valence electrons. The molecule has 2 aromatic carbocycles. The van der Waals surface area contributed by atoms with Crippen LogP contribution >= 0.6 is 0 Å². The predicted octanol–water partition coefficient (Wildman–Crippen LogP) is 3.95. The minimum absolute atomic E-state index is 0.230. The van der Waals surface area contributed by atoms with E-state index in [2.05, 4.69) is 6.58 Å². The molecule has 0 aliphatic heterocycles. The molecule has 0 saturated carbocycles. The summed E-state index contributed by atoms with van der Waals surface area (Å²) >= 11 is 0. The van der Waals surface area contributed by atoms with Crippen molar-refractivity contribution in [3.05, 3.63) is 77.9 Å². The Labute approximate surface area is 131 Å². The van der Waals surface area contributed by atoms with Gasteiger partial charge in [0, 0.05) is 11.5 Å². The van der Waals surface area contributed by atoms with Crippen LogP contribution in [0.25, 0.3) is 0 Å². The van der Waals surface area contributed by atoms with E-state index in [1.54, 1.807) is 14.0 Å². The van der Waals surface area contributed by atoms with Crippen molar-refractivity contribution in [2.24, 2.45) is 0 Å². The smallest absolute Gasteiger partial charge is 0.334 e. The molecule has 0 amide bonds. The van der Waals surface area contributed by atoms with Crippen molar-refractivity contribution in [3.8, 4) is 5.75 Å². The van der Waals surface area contributed by atoms with Crippen molar-refractivity contribution < 1.29 is 14.3 Å². The van der Waals surface area contributed by atoms with Gasteiger partial charge < -0.3 is 9.47 Å². The Morgan fingerprint density at radius 1 is 1.05 bits per heavy atom. The summed E-state index contributed by atoms with van der Waals surface area (Å²) in [4.78, 5) is 12.1. The predicted molar refractivity (Wildman–Crippen MR) is 87.1 cm³/mol. The van der Waals surface area contributed by atoms with E-state index in [1.807, 2.05) is 54.6 Å². The first kappa shape index (κ1) is 15.8. The molecule has 2 aromatic rings. The molecular weight excluding hydrogens is 276 g/mol. The zero-order valence-electron chi connectivity index (χ0n) is 12.9. The third-order valence-electron chi connectivity index (χ3n) is 3.47. The molecule has 0 heterocycles. The van der Waals surface area contributed by atoms with E-state index in [0.29, 0.717) is 12.2 Å². The van der Waals surface area contributed by atoms with Crippen LogP contribution in [0.1, 0.15) is 24.0 Å². The average molecular weight is 296 g/mol. The van der Waals surface area contributed by atoms with Gasteiger partial charge in [-0.3, -0.25) is 0 Å². The van der Waals surface area contributed by atoms with Crippen LogP contribution in [-0.2, 0) is 9.53 Å². The van der Waals surface area contributed by atoms with Gasteiger partial charge in [0.25, 0.3) is 0 Å². The van der Waals surface area contributed by atoms with Crippen molar-refractivity contribution in [3.63, 3.8) is 0 Å². The molecule has 3 nitrogen and oxygen atoms in total. The highest BCUT2D eigenvalue weighted by atomic mass is 16.5. The number of carbonyl (C=O) groups excluding carboxylic acids is 1. The lowest BCUT2D eigenvalue weighted by atomic mass is 9.85. The van der Waals surface area contributed by atoms with Crippen LogP contribution in [0.3, 0.4) is 0 Å². The van der Waals surface area contributed by atoms with Crippen LogP contribution in [0.4, 0.5) is 0 Å². The fourth-order valence-corrected chi connectivity index (χ4v) is 2.38. The summed E-state index contributed by atoms with van der Waals surface area (Å²) in [7, 11) is 1.63. The van der Waals surface area contributed by atoms with E-state index in [-0.39, 0.29) is 11.9 Å². The van der Waals surface area contributed by atoms with Crippen molar-refractivity contribution in [2.45, 2.75) is 12.8 Å². The molecular formula is C19H20O3. The van der Waals surface area contributed by atoms with Gasteiger partial charge in [0.05, 0.1) is 13.7 Å². The van der Waals surface area contributed by atoms with E-state index in [1.165, 1.54) is 0 Å². The van der Waals surface area contributed by atoms with Gasteiger partial charge in [-0.15, -0.1) is 0 Å². The summed E-state index contributed by atoms with van der Waals surface area (Å²) in [5, 5.41) is 0. The normalized spacial score (nSPS) is 11.5. The fraction of sp³-hybridized carbons (Fsp3) is 0.211. The molecule has 0 aliphatic rings. The highest BCUT2D eigenvalue weighted by molar-refractivity contribution is 5.90. The highest BCUT2D eigenvalue weighted by Crippen LogP contribution is 2.32. The second-order valence-corrected chi connectivity index (χ2v) is 4.86. The SMILES string of the molecule is C=C(C(=O)OCC)[C@H](c1ccccc1)c1ccc(OC)cc1. The Kier molecular flexibility index (Phi) is 5.37. The van der Waals surface area contributed by atoms with Crippen LogP contribution in [0, 0.1) is 0 Å². The lowest BCUT2D eigenvalue weighted by Gasteiger charge is -2.20. The van der Waals surface area contributed by atoms with Crippen LogP contribution < -0.4 is 4.74 Å². The number of esters is 1. The van der Waals surface area contributed by atoms with E-state index in [9.17, 15) is 4.79 Å². The zero-order valence-corrected chi connectivity index (χ0v) is 12.9. The number of rotatable bonds is 6. The molecule has 1 atom stereocenters. The summed E-state index contributed by atoms with van der Waals surface area (Å²) in [5.41, 5.74) is 2.41. The minimum atomic E-state index is -0.368. The van der Waals surface area contributed by atoms with Gasteiger partial charge in [-0.1, -0.05) is 49.0 Å². The number of carbonyl (C=O) groups is 1. The summed E-state index contributed by atoms with van der Waals surface area (Å²) in [5.74, 6) is 0.177. The number of hydrogen-bond acceptors (Lipinski definition) is 3. The van der Waals surface area contributed by atoms with E-state index >= 15 is 0 Å². The van der Waals surface area contributed by atoms with Gasteiger partial charge in [0.2, 0.25) is 0 Å². The largest absolute Gasteiger partial charge is 0.497 e. The lowest BCUT2D eigenvalue weighted by molar-refractivity contribution is -0.138. The molecule has 0 fully saturated rings. The molecule has 0 spiro atoms. The molecule has 0 unspecified atom stereocenters.